The molecular weight excluding hydrogens is 233 g/mol. The molecule has 0 N–H and O–H groups in total. The second kappa shape index (κ2) is 4.96. The summed E-state index contributed by atoms with van der Waals surface area (Å²) in [5.74, 6) is -0.384. The number of rotatable bonds is 3. The van der Waals surface area contributed by atoms with Crippen molar-refractivity contribution in [3.05, 3.63) is 47.9 Å². The summed E-state index contributed by atoms with van der Waals surface area (Å²) < 4.78 is 18.6. The van der Waals surface area contributed by atoms with E-state index in [9.17, 15) is 9.18 Å². The first-order valence-electron chi connectivity index (χ1n) is 5.43. The molecule has 0 unspecified atom stereocenters. The average Bonchev–Trinajstić information content (AvgIpc) is 2.39. The van der Waals surface area contributed by atoms with Gasteiger partial charge >= 0.3 is 0 Å². The van der Waals surface area contributed by atoms with E-state index in [4.69, 9.17) is 4.74 Å². The topological polar surface area (TPSA) is 39.2 Å². The molecule has 0 aliphatic heterocycles. The third kappa shape index (κ3) is 2.22. The lowest BCUT2D eigenvalue weighted by molar-refractivity contribution is 0.101. The number of hydrogen-bond donors (Lipinski definition) is 0. The van der Waals surface area contributed by atoms with E-state index in [1.165, 1.54) is 26.2 Å². The normalized spacial score (nSPS) is 10.2. The SMILES string of the molecule is COc1ncccc1-c1ccc(F)c(C(C)=O)c1. The molecule has 0 radical (unpaired) electrons. The summed E-state index contributed by atoms with van der Waals surface area (Å²) in [6.07, 6.45) is 1.61. The minimum Gasteiger partial charge on any atom is -0.481 e. The number of ether oxygens (including phenoxy) is 1. The molecule has 0 aliphatic rings. The Hall–Kier alpha value is -2.23. The standard InChI is InChI=1S/C14H12FNO2/c1-9(17)12-8-10(5-6-13(12)15)11-4-3-7-16-14(11)18-2/h3-8H,1-2H3. The van der Waals surface area contributed by atoms with Gasteiger partial charge in [0.15, 0.2) is 5.78 Å². The minimum atomic E-state index is -0.519. The Kier molecular flexibility index (Phi) is 3.37. The highest BCUT2D eigenvalue weighted by atomic mass is 19.1. The van der Waals surface area contributed by atoms with Crippen LogP contribution in [-0.2, 0) is 0 Å². The van der Waals surface area contributed by atoms with E-state index in [0.29, 0.717) is 11.4 Å². The van der Waals surface area contributed by atoms with Gasteiger partial charge in [-0.25, -0.2) is 9.37 Å². The fraction of sp³-hybridized carbons (Fsp3) is 0.143. The lowest BCUT2D eigenvalue weighted by Gasteiger charge is -2.08. The predicted octanol–water partition coefficient (Wildman–Crippen LogP) is 3.10. The molecular formula is C14H12FNO2. The minimum absolute atomic E-state index is 0.0680. The Morgan fingerprint density at radius 1 is 1.33 bits per heavy atom. The Morgan fingerprint density at radius 3 is 2.78 bits per heavy atom. The van der Waals surface area contributed by atoms with Crippen LogP contribution in [0, 0.1) is 5.82 Å². The van der Waals surface area contributed by atoms with Crippen LogP contribution in [0.5, 0.6) is 5.88 Å². The number of methoxy groups -OCH3 is 1. The number of pyridine rings is 1. The number of halogens is 1. The van der Waals surface area contributed by atoms with Crippen molar-refractivity contribution >= 4 is 5.78 Å². The van der Waals surface area contributed by atoms with Gasteiger partial charge in [0.05, 0.1) is 12.7 Å². The number of Topliss-reactive ketones (excluding diaryl/α,β-unsaturated/α-hetero) is 1. The number of nitrogens with zero attached hydrogens (tertiary/aromatic N) is 1. The molecule has 18 heavy (non-hydrogen) atoms. The maximum absolute atomic E-state index is 13.5. The number of ketones is 1. The van der Waals surface area contributed by atoms with Crippen molar-refractivity contribution in [2.24, 2.45) is 0 Å². The van der Waals surface area contributed by atoms with Gasteiger partial charge in [-0.15, -0.1) is 0 Å². The Labute approximate surface area is 104 Å². The van der Waals surface area contributed by atoms with Crippen molar-refractivity contribution in [2.75, 3.05) is 7.11 Å². The molecule has 1 aromatic carbocycles. The van der Waals surface area contributed by atoms with Crippen LogP contribution in [0.4, 0.5) is 4.39 Å². The summed E-state index contributed by atoms with van der Waals surface area (Å²) in [5.41, 5.74) is 1.49. The summed E-state index contributed by atoms with van der Waals surface area (Å²) in [5, 5.41) is 0. The van der Waals surface area contributed by atoms with Crippen molar-refractivity contribution in [3.63, 3.8) is 0 Å². The van der Waals surface area contributed by atoms with Crippen LogP contribution in [0.2, 0.25) is 0 Å². The predicted molar refractivity (Wildman–Crippen MR) is 66.2 cm³/mol. The third-order valence-electron chi connectivity index (χ3n) is 2.62. The van der Waals surface area contributed by atoms with Gasteiger partial charge < -0.3 is 4.74 Å². The van der Waals surface area contributed by atoms with Crippen LogP contribution in [0.15, 0.2) is 36.5 Å². The van der Waals surface area contributed by atoms with E-state index < -0.39 is 5.82 Å². The zero-order valence-corrected chi connectivity index (χ0v) is 10.1. The van der Waals surface area contributed by atoms with E-state index in [1.807, 2.05) is 6.07 Å². The second-order valence-corrected chi connectivity index (χ2v) is 3.81. The summed E-state index contributed by atoms with van der Waals surface area (Å²) in [6, 6.07) is 7.95. The fourth-order valence-electron chi connectivity index (χ4n) is 1.74. The van der Waals surface area contributed by atoms with Crippen molar-refractivity contribution in [2.45, 2.75) is 6.92 Å². The highest BCUT2D eigenvalue weighted by Gasteiger charge is 2.12. The van der Waals surface area contributed by atoms with Crippen LogP contribution in [0.1, 0.15) is 17.3 Å². The Bertz CT molecular complexity index is 596. The molecule has 2 rings (SSSR count). The van der Waals surface area contributed by atoms with Gasteiger partial charge in [-0.3, -0.25) is 4.79 Å². The smallest absolute Gasteiger partial charge is 0.221 e. The highest BCUT2D eigenvalue weighted by molar-refractivity contribution is 5.95. The fourth-order valence-corrected chi connectivity index (χ4v) is 1.74. The average molecular weight is 245 g/mol. The van der Waals surface area contributed by atoms with Crippen LogP contribution in [-0.4, -0.2) is 17.9 Å². The van der Waals surface area contributed by atoms with Gasteiger partial charge in [-0.2, -0.15) is 0 Å². The third-order valence-corrected chi connectivity index (χ3v) is 2.62. The van der Waals surface area contributed by atoms with Gasteiger partial charge in [0.2, 0.25) is 5.88 Å². The second-order valence-electron chi connectivity index (χ2n) is 3.81. The Morgan fingerprint density at radius 2 is 2.11 bits per heavy atom. The first-order valence-corrected chi connectivity index (χ1v) is 5.43. The molecule has 1 aromatic heterocycles. The van der Waals surface area contributed by atoms with Crippen molar-refractivity contribution < 1.29 is 13.9 Å². The van der Waals surface area contributed by atoms with Gasteiger partial charge in [-0.1, -0.05) is 6.07 Å². The summed E-state index contributed by atoms with van der Waals surface area (Å²) in [7, 11) is 1.52. The van der Waals surface area contributed by atoms with E-state index in [0.717, 1.165) is 5.56 Å². The quantitative estimate of drug-likeness (QED) is 0.780. The molecule has 0 amide bonds. The molecule has 3 nitrogen and oxygen atoms in total. The zero-order chi connectivity index (χ0) is 13.1. The van der Waals surface area contributed by atoms with Gasteiger partial charge in [0.1, 0.15) is 5.82 Å². The van der Waals surface area contributed by atoms with Crippen LogP contribution in [0.3, 0.4) is 0 Å². The van der Waals surface area contributed by atoms with Gasteiger partial charge in [0.25, 0.3) is 0 Å². The molecule has 92 valence electrons. The van der Waals surface area contributed by atoms with Gasteiger partial charge in [0, 0.05) is 11.8 Å². The molecule has 0 atom stereocenters. The van der Waals surface area contributed by atoms with Gasteiger partial charge in [-0.05, 0) is 36.8 Å². The van der Waals surface area contributed by atoms with Crippen LogP contribution in [0.25, 0.3) is 11.1 Å². The molecule has 0 saturated heterocycles. The molecule has 0 spiro atoms. The number of hydrogen-bond acceptors (Lipinski definition) is 3. The first-order chi connectivity index (χ1) is 8.63. The zero-order valence-electron chi connectivity index (χ0n) is 10.1. The highest BCUT2D eigenvalue weighted by Crippen LogP contribution is 2.28. The lowest BCUT2D eigenvalue weighted by Crippen LogP contribution is -1.98. The van der Waals surface area contributed by atoms with Crippen molar-refractivity contribution in [1.82, 2.24) is 4.98 Å². The summed E-state index contributed by atoms with van der Waals surface area (Å²) in [6.45, 7) is 1.34. The summed E-state index contributed by atoms with van der Waals surface area (Å²) in [4.78, 5) is 15.4. The molecule has 0 fully saturated rings. The number of benzene rings is 1. The van der Waals surface area contributed by atoms with Crippen LogP contribution < -0.4 is 4.74 Å². The van der Waals surface area contributed by atoms with Crippen molar-refractivity contribution in [1.29, 1.82) is 0 Å². The largest absolute Gasteiger partial charge is 0.481 e. The maximum Gasteiger partial charge on any atom is 0.221 e. The first kappa shape index (κ1) is 12.2. The number of carbonyl (C=O) groups is 1. The molecule has 0 saturated carbocycles. The van der Waals surface area contributed by atoms with E-state index in [-0.39, 0.29) is 11.3 Å². The molecule has 4 heteroatoms. The monoisotopic (exact) mass is 245 g/mol. The molecule has 1 heterocycles. The number of carbonyl (C=O) groups excluding carboxylic acids is 1. The molecule has 2 aromatic rings. The van der Waals surface area contributed by atoms with E-state index in [2.05, 4.69) is 4.98 Å². The summed E-state index contributed by atoms with van der Waals surface area (Å²) >= 11 is 0. The van der Waals surface area contributed by atoms with Crippen LogP contribution >= 0.6 is 0 Å². The lowest BCUT2D eigenvalue weighted by atomic mass is 10.0. The molecule has 0 aliphatic carbocycles. The Balaban J connectivity index is 2.58. The number of aromatic nitrogens is 1. The van der Waals surface area contributed by atoms with E-state index in [1.54, 1.807) is 18.3 Å². The molecule has 0 bridgehead atoms. The van der Waals surface area contributed by atoms with E-state index >= 15 is 0 Å². The maximum atomic E-state index is 13.5. The van der Waals surface area contributed by atoms with Crippen molar-refractivity contribution in [3.8, 4) is 17.0 Å².